The van der Waals surface area contributed by atoms with Gasteiger partial charge in [-0.2, -0.15) is 0 Å². The van der Waals surface area contributed by atoms with Gasteiger partial charge in [0, 0.05) is 38.2 Å². The average Bonchev–Trinajstić information content (AvgIpc) is 2.78. The molecule has 2 rings (SSSR count). The molecule has 2 amide bonds. The first-order valence-electron chi connectivity index (χ1n) is 7.92. The van der Waals surface area contributed by atoms with Crippen LogP contribution in [0.25, 0.3) is 0 Å². The van der Waals surface area contributed by atoms with Crippen LogP contribution in [0, 0.1) is 11.7 Å². The van der Waals surface area contributed by atoms with E-state index in [1.807, 2.05) is 18.7 Å². The van der Waals surface area contributed by atoms with Gasteiger partial charge in [0.25, 0.3) is 5.91 Å². The molecule has 0 aromatic heterocycles. The number of hydrogen-bond donors (Lipinski definition) is 0. The second kappa shape index (κ2) is 7.94. The van der Waals surface area contributed by atoms with Gasteiger partial charge in [-0.3, -0.25) is 9.59 Å². The quantitative estimate of drug-likeness (QED) is 0.851. The van der Waals surface area contributed by atoms with E-state index in [9.17, 15) is 14.0 Å². The molecule has 1 heterocycles. The molecule has 126 valence electrons. The maximum Gasteiger partial charge on any atom is 0.260 e. The van der Waals surface area contributed by atoms with Crippen molar-refractivity contribution in [2.45, 2.75) is 20.3 Å². The van der Waals surface area contributed by atoms with Crippen molar-refractivity contribution >= 4 is 11.8 Å². The summed E-state index contributed by atoms with van der Waals surface area (Å²) in [5, 5.41) is 0. The zero-order chi connectivity index (χ0) is 16.8. The molecule has 23 heavy (non-hydrogen) atoms. The van der Waals surface area contributed by atoms with Gasteiger partial charge in [-0.15, -0.1) is 0 Å². The number of rotatable bonds is 4. The number of benzene rings is 1. The fourth-order valence-electron chi connectivity index (χ4n) is 2.55. The predicted octanol–water partition coefficient (Wildman–Crippen LogP) is 1.92. The van der Waals surface area contributed by atoms with Crippen molar-refractivity contribution in [1.29, 1.82) is 0 Å². The van der Waals surface area contributed by atoms with Crippen LogP contribution in [0.5, 0.6) is 5.75 Å². The summed E-state index contributed by atoms with van der Waals surface area (Å²) >= 11 is 0. The van der Waals surface area contributed by atoms with E-state index in [1.54, 1.807) is 11.0 Å². The summed E-state index contributed by atoms with van der Waals surface area (Å²) in [6, 6.07) is 5.72. The highest BCUT2D eigenvalue weighted by molar-refractivity contribution is 5.79. The van der Waals surface area contributed by atoms with Gasteiger partial charge in [0.15, 0.2) is 6.61 Å². The molecule has 1 aromatic carbocycles. The molecule has 0 atom stereocenters. The van der Waals surface area contributed by atoms with Crippen LogP contribution in [-0.4, -0.2) is 54.4 Å². The Morgan fingerprint density at radius 2 is 1.87 bits per heavy atom. The minimum atomic E-state index is -0.396. The maximum absolute atomic E-state index is 13.1. The smallest absolute Gasteiger partial charge is 0.260 e. The normalized spacial score (nSPS) is 15.5. The Balaban J connectivity index is 1.84. The van der Waals surface area contributed by atoms with Crippen molar-refractivity contribution in [3.05, 3.63) is 30.1 Å². The summed E-state index contributed by atoms with van der Waals surface area (Å²) in [7, 11) is 0. The van der Waals surface area contributed by atoms with Gasteiger partial charge in [-0.05, 0) is 18.6 Å². The molecule has 5 nitrogen and oxygen atoms in total. The number of ether oxygens (including phenoxy) is 1. The minimum absolute atomic E-state index is 0.0337. The lowest BCUT2D eigenvalue weighted by Gasteiger charge is -2.23. The third-order valence-corrected chi connectivity index (χ3v) is 3.81. The van der Waals surface area contributed by atoms with E-state index in [2.05, 4.69) is 0 Å². The van der Waals surface area contributed by atoms with Gasteiger partial charge in [-0.1, -0.05) is 19.9 Å². The lowest BCUT2D eigenvalue weighted by molar-refractivity contribution is -0.136. The van der Waals surface area contributed by atoms with Crippen molar-refractivity contribution < 1.29 is 18.7 Å². The van der Waals surface area contributed by atoms with Crippen LogP contribution in [0.15, 0.2) is 24.3 Å². The summed E-state index contributed by atoms with van der Waals surface area (Å²) in [5.41, 5.74) is 0. The molecule has 1 aromatic rings. The third-order valence-electron chi connectivity index (χ3n) is 3.81. The van der Waals surface area contributed by atoms with Gasteiger partial charge in [0.05, 0.1) is 0 Å². The van der Waals surface area contributed by atoms with Gasteiger partial charge >= 0.3 is 0 Å². The Morgan fingerprint density at radius 3 is 2.57 bits per heavy atom. The van der Waals surface area contributed by atoms with Crippen LogP contribution < -0.4 is 4.74 Å². The SMILES string of the molecule is CC(C)C(=O)N1CCCN(C(=O)COc2cccc(F)c2)CC1. The first-order chi connectivity index (χ1) is 11.0. The molecule has 0 radical (unpaired) electrons. The van der Waals surface area contributed by atoms with Crippen molar-refractivity contribution in [3.63, 3.8) is 0 Å². The van der Waals surface area contributed by atoms with Crippen molar-refractivity contribution in [1.82, 2.24) is 9.80 Å². The standard InChI is InChI=1S/C17H23FN2O3/c1-13(2)17(22)20-8-4-7-19(9-10-20)16(21)12-23-15-6-3-5-14(18)11-15/h3,5-6,11,13H,4,7-10,12H2,1-2H3. The highest BCUT2D eigenvalue weighted by Crippen LogP contribution is 2.13. The van der Waals surface area contributed by atoms with E-state index in [4.69, 9.17) is 4.74 Å². The molecule has 0 N–H and O–H groups in total. The summed E-state index contributed by atoms with van der Waals surface area (Å²) in [5.74, 6) is -0.116. The van der Waals surface area contributed by atoms with Crippen molar-refractivity contribution in [2.24, 2.45) is 5.92 Å². The van der Waals surface area contributed by atoms with Crippen LogP contribution in [0.2, 0.25) is 0 Å². The Hall–Kier alpha value is -2.11. The Labute approximate surface area is 136 Å². The van der Waals surface area contributed by atoms with Crippen LogP contribution in [0.1, 0.15) is 20.3 Å². The summed E-state index contributed by atoms with van der Waals surface area (Å²) in [4.78, 5) is 27.8. The Bertz CT molecular complexity index is 563. The fourth-order valence-corrected chi connectivity index (χ4v) is 2.55. The second-order valence-electron chi connectivity index (χ2n) is 5.96. The monoisotopic (exact) mass is 322 g/mol. The zero-order valence-electron chi connectivity index (χ0n) is 13.6. The van der Waals surface area contributed by atoms with Gasteiger partial charge in [-0.25, -0.2) is 4.39 Å². The third kappa shape index (κ3) is 4.94. The number of carbonyl (C=O) groups is 2. The molecule has 0 bridgehead atoms. The first kappa shape index (κ1) is 17.2. The van der Waals surface area contributed by atoms with Crippen molar-refractivity contribution in [2.75, 3.05) is 32.8 Å². The van der Waals surface area contributed by atoms with Crippen LogP contribution in [0.4, 0.5) is 4.39 Å². The molecular weight excluding hydrogens is 299 g/mol. The Morgan fingerprint density at radius 1 is 1.17 bits per heavy atom. The van der Waals surface area contributed by atoms with E-state index >= 15 is 0 Å². The predicted molar refractivity (Wildman–Crippen MR) is 84.5 cm³/mol. The lowest BCUT2D eigenvalue weighted by Crippen LogP contribution is -2.40. The van der Waals surface area contributed by atoms with E-state index < -0.39 is 5.82 Å². The molecule has 1 aliphatic heterocycles. The topological polar surface area (TPSA) is 49.9 Å². The van der Waals surface area contributed by atoms with Gasteiger partial charge in [0.2, 0.25) is 5.91 Å². The van der Waals surface area contributed by atoms with Gasteiger partial charge < -0.3 is 14.5 Å². The number of carbonyl (C=O) groups excluding carboxylic acids is 2. The second-order valence-corrected chi connectivity index (χ2v) is 5.96. The average molecular weight is 322 g/mol. The number of amides is 2. The zero-order valence-corrected chi connectivity index (χ0v) is 13.6. The molecule has 1 fully saturated rings. The summed E-state index contributed by atoms with van der Waals surface area (Å²) in [6.45, 7) is 5.96. The Kier molecular flexibility index (Phi) is 5.96. The maximum atomic E-state index is 13.1. The van der Waals surface area contributed by atoms with E-state index in [1.165, 1.54) is 18.2 Å². The number of nitrogens with zero attached hydrogens (tertiary/aromatic N) is 2. The summed E-state index contributed by atoms with van der Waals surface area (Å²) in [6.07, 6.45) is 0.754. The number of halogens is 1. The highest BCUT2D eigenvalue weighted by Gasteiger charge is 2.23. The van der Waals surface area contributed by atoms with E-state index in [0.29, 0.717) is 31.9 Å². The first-order valence-corrected chi connectivity index (χ1v) is 7.92. The lowest BCUT2D eigenvalue weighted by atomic mass is 10.2. The molecule has 6 heteroatoms. The molecule has 0 saturated carbocycles. The fraction of sp³-hybridized carbons (Fsp3) is 0.529. The van der Waals surface area contributed by atoms with E-state index in [-0.39, 0.29) is 24.3 Å². The highest BCUT2D eigenvalue weighted by atomic mass is 19.1. The molecule has 1 saturated heterocycles. The molecule has 1 aliphatic rings. The molecule has 0 aliphatic carbocycles. The minimum Gasteiger partial charge on any atom is -0.484 e. The summed E-state index contributed by atoms with van der Waals surface area (Å²) < 4.78 is 18.4. The molecule has 0 unspecified atom stereocenters. The largest absolute Gasteiger partial charge is 0.484 e. The van der Waals surface area contributed by atoms with Crippen LogP contribution in [-0.2, 0) is 9.59 Å². The van der Waals surface area contributed by atoms with Gasteiger partial charge in [0.1, 0.15) is 11.6 Å². The van der Waals surface area contributed by atoms with E-state index in [0.717, 1.165) is 6.42 Å². The molecular formula is C17H23FN2O3. The number of hydrogen-bond acceptors (Lipinski definition) is 3. The van der Waals surface area contributed by atoms with Crippen molar-refractivity contribution in [3.8, 4) is 5.75 Å². The van der Waals surface area contributed by atoms with Crippen LogP contribution >= 0.6 is 0 Å². The van der Waals surface area contributed by atoms with Crippen LogP contribution in [0.3, 0.4) is 0 Å². The molecule has 0 spiro atoms.